The van der Waals surface area contributed by atoms with Crippen molar-refractivity contribution in [2.24, 2.45) is 0 Å². The van der Waals surface area contributed by atoms with Crippen LogP contribution in [0.5, 0.6) is 5.75 Å². The predicted octanol–water partition coefficient (Wildman–Crippen LogP) is 2.27. The number of ether oxygens (including phenoxy) is 2. The van der Waals surface area contributed by atoms with E-state index in [0.29, 0.717) is 5.56 Å². The molecular weight excluding hydrogens is 290 g/mol. The van der Waals surface area contributed by atoms with Crippen molar-refractivity contribution >= 4 is 5.97 Å². The Labute approximate surface area is 118 Å². The van der Waals surface area contributed by atoms with E-state index in [1.54, 1.807) is 6.07 Å². The molecule has 0 fully saturated rings. The van der Waals surface area contributed by atoms with Crippen LogP contribution in [0, 0.1) is 5.82 Å². The Morgan fingerprint density at radius 1 is 1.50 bits per heavy atom. The molecule has 16 heavy (non-hydrogen) atoms. The second-order valence-electron chi connectivity index (χ2n) is 2.85. The van der Waals surface area contributed by atoms with Gasteiger partial charge in [0.1, 0.15) is 0 Å². The third kappa shape index (κ3) is 5.12. The van der Waals surface area contributed by atoms with E-state index in [1.165, 1.54) is 19.1 Å². The van der Waals surface area contributed by atoms with Crippen molar-refractivity contribution < 1.29 is 51.4 Å². The second kappa shape index (κ2) is 7.84. The summed E-state index contributed by atoms with van der Waals surface area (Å²) < 4.78 is 22.7. The van der Waals surface area contributed by atoms with Crippen molar-refractivity contribution in [2.45, 2.75) is 13.5 Å². The van der Waals surface area contributed by atoms with Crippen molar-refractivity contribution in [3.63, 3.8) is 0 Å². The largest absolute Gasteiger partial charge is 0.655 e. The summed E-state index contributed by atoms with van der Waals surface area (Å²) >= 11 is 0. The van der Waals surface area contributed by atoms with Gasteiger partial charge < -0.3 is 15.2 Å². The van der Waals surface area contributed by atoms with Crippen LogP contribution in [-0.2, 0) is 48.8 Å². The summed E-state index contributed by atoms with van der Waals surface area (Å²) in [7, 11) is 0. The average molecular weight is 301 g/mol. The fraction of sp³-hybridized carbons (Fsp3) is 0.300. The summed E-state index contributed by atoms with van der Waals surface area (Å²) in [5.74, 6) is -1.28. The maximum atomic E-state index is 13.3. The van der Waals surface area contributed by atoms with E-state index in [2.05, 4.69) is 4.74 Å². The molecule has 0 aliphatic rings. The molecular formula is C10H11FNO3Y-. The number of nitrogens with one attached hydrogen (secondary N) is 1. The molecule has 1 aromatic rings. The minimum Gasteiger partial charge on any atom is -0.655 e. The fourth-order valence-electron chi connectivity index (χ4n) is 1.04. The van der Waals surface area contributed by atoms with Crippen LogP contribution in [0.3, 0.4) is 0 Å². The summed E-state index contributed by atoms with van der Waals surface area (Å²) in [5, 5.41) is 0. The van der Waals surface area contributed by atoms with E-state index < -0.39 is 11.8 Å². The third-order valence-electron chi connectivity index (χ3n) is 1.62. The second-order valence-corrected chi connectivity index (χ2v) is 2.85. The molecule has 1 N–H and O–H groups in total. The van der Waals surface area contributed by atoms with Gasteiger partial charge in [-0.2, -0.15) is 0 Å². The number of rotatable bonds is 4. The van der Waals surface area contributed by atoms with Crippen LogP contribution in [0.4, 0.5) is 4.39 Å². The van der Waals surface area contributed by atoms with Crippen molar-refractivity contribution in [2.75, 3.05) is 6.73 Å². The quantitative estimate of drug-likeness (QED) is 0.633. The molecule has 6 heteroatoms. The molecule has 1 aromatic carbocycles. The van der Waals surface area contributed by atoms with E-state index in [9.17, 15) is 9.18 Å². The summed E-state index contributed by atoms with van der Waals surface area (Å²) in [6, 6.07) is 4.16. The van der Waals surface area contributed by atoms with Gasteiger partial charge in [-0.05, 0) is 24.4 Å². The van der Waals surface area contributed by atoms with Gasteiger partial charge in [0.2, 0.25) is 0 Å². The van der Waals surface area contributed by atoms with Gasteiger partial charge in [0.25, 0.3) is 0 Å². The van der Waals surface area contributed by atoms with E-state index in [1.807, 2.05) is 0 Å². The first-order valence-electron chi connectivity index (χ1n) is 4.32. The minimum absolute atomic E-state index is 0. The molecule has 0 bridgehead atoms. The van der Waals surface area contributed by atoms with Crippen LogP contribution < -0.4 is 4.74 Å². The smallest absolute Gasteiger partial charge is 0.308 e. The SMILES string of the molecule is CC(=O)Oc1ccc(COC[NH-])cc1F.[Y]. The van der Waals surface area contributed by atoms with Crippen molar-refractivity contribution in [3.8, 4) is 5.75 Å². The van der Waals surface area contributed by atoms with Gasteiger partial charge in [0.05, 0.1) is 6.61 Å². The number of halogens is 1. The number of carbonyl (C=O) groups is 1. The Bertz CT molecular complexity index is 360. The molecule has 1 radical (unpaired) electrons. The molecule has 0 saturated heterocycles. The minimum atomic E-state index is -0.615. The number of esters is 1. The maximum Gasteiger partial charge on any atom is 0.308 e. The van der Waals surface area contributed by atoms with Crippen LogP contribution in [0.25, 0.3) is 5.73 Å². The summed E-state index contributed by atoms with van der Waals surface area (Å²) in [5.41, 5.74) is 7.35. The molecule has 0 atom stereocenters. The van der Waals surface area contributed by atoms with Gasteiger partial charge in [0.15, 0.2) is 11.6 Å². The van der Waals surface area contributed by atoms with Crippen LogP contribution in [0.1, 0.15) is 12.5 Å². The molecule has 0 amide bonds. The monoisotopic (exact) mass is 301 g/mol. The fourth-order valence-corrected chi connectivity index (χ4v) is 1.04. The zero-order valence-electron chi connectivity index (χ0n) is 8.83. The number of carbonyl (C=O) groups excluding carboxylic acids is 1. The molecule has 0 aliphatic heterocycles. The number of hydrogen-bond acceptors (Lipinski definition) is 3. The van der Waals surface area contributed by atoms with Gasteiger partial charge in [-0.3, -0.25) is 4.79 Å². The van der Waals surface area contributed by atoms with Crippen LogP contribution in [0.2, 0.25) is 0 Å². The molecule has 0 aromatic heterocycles. The molecule has 0 spiro atoms. The zero-order valence-corrected chi connectivity index (χ0v) is 11.7. The first-order chi connectivity index (χ1) is 7.13. The average Bonchev–Trinajstić information content (AvgIpc) is 2.18. The molecule has 1 rings (SSSR count). The standard InChI is InChI=1S/C10H11FNO3.Y/c1-7(13)15-10-3-2-8(4-9(10)11)5-14-6-12;/h2-4,12H,5-6H2,1H3;/q-1;. The van der Waals surface area contributed by atoms with Crippen molar-refractivity contribution in [1.29, 1.82) is 0 Å². The molecule has 0 saturated carbocycles. The summed E-state index contributed by atoms with van der Waals surface area (Å²) in [6.07, 6.45) is 0. The van der Waals surface area contributed by atoms with Crippen LogP contribution >= 0.6 is 0 Å². The van der Waals surface area contributed by atoms with Gasteiger partial charge in [-0.25, -0.2) is 4.39 Å². The zero-order chi connectivity index (χ0) is 11.3. The Hall–Kier alpha value is -0.356. The van der Waals surface area contributed by atoms with Crippen LogP contribution in [-0.4, -0.2) is 12.7 Å². The molecule has 0 aliphatic carbocycles. The first kappa shape index (κ1) is 15.6. The third-order valence-corrected chi connectivity index (χ3v) is 1.62. The molecule has 0 heterocycles. The topological polar surface area (TPSA) is 59.3 Å². The van der Waals surface area contributed by atoms with Crippen LogP contribution in [0.15, 0.2) is 18.2 Å². The van der Waals surface area contributed by atoms with E-state index in [4.69, 9.17) is 10.5 Å². The summed E-state index contributed by atoms with van der Waals surface area (Å²) in [6.45, 7) is 1.20. The van der Waals surface area contributed by atoms with Crippen molar-refractivity contribution in [3.05, 3.63) is 35.3 Å². The summed E-state index contributed by atoms with van der Waals surface area (Å²) in [4.78, 5) is 10.6. The van der Waals surface area contributed by atoms with Gasteiger partial charge in [-0.15, -0.1) is 0 Å². The van der Waals surface area contributed by atoms with Gasteiger partial charge in [-0.1, -0.05) is 6.07 Å². The number of benzene rings is 1. The molecule has 4 nitrogen and oxygen atoms in total. The Morgan fingerprint density at radius 3 is 2.69 bits per heavy atom. The normalized spacial score (nSPS) is 9.44. The predicted molar refractivity (Wildman–Crippen MR) is 51.7 cm³/mol. The van der Waals surface area contributed by atoms with E-state index >= 15 is 0 Å². The maximum absolute atomic E-state index is 13.3. The van der Waals surface area contributed by atoms with Gasteiger partial charge >= 0.3 is 5.97 Å². The molecule has 0 unspecified atom stereocenters. The number of hydrogen-bond donors (Lipinski definition) is 0. The Kier molecular flexibility index (Phi) is 7.67. The van der Waals surface area contributed by atoms with Crippen molar-refractivity contribution in [1.82, 2.24) is 0 Å². The Morgan fingerprint density at radius 2 is 2.19 bits per heavy atom. The Balaban J connectivity index is 0.00000225. The molecule has 85 valence electrons. The van der Waals surface area contributed by atoms with E-state index in [0.717, 1.165) is 0 Å². The van der Waals surface area contributed by atoms with E-state index in [-0.39, 0.29) is 51.8 Å². The van der Waals surface area contributed by atoms with Gasteiger partial charge in [0, 0.05) is 39.6 Å². The first-order valence-corrected chi connectivity index (χ1v) is 4.32.